The van der Waals surface area contributed by atoms with E-state index < -0.39 is 12.7 Å². The van der Waals surface area contributed by atoms with Gasteiger partial charge in [0, 0.05) is 31.6 Å². The van der Waals surface area contributed by atoms with Crippen molar-refractivity contribution in [2.24, 2.45) is 0 Å². The molecule has 0 aromatic carbocycles. The zero-order valence-electron chi connectivity index (χ0n) is 13.4. The summed E-state index contributed by atoms with van der Waals surface area (Å²) in [4.78, 5) is 23.6. The molecule has 1 unspecified atom stereocenters. The molecule has 1 aliphatic heterocycles. The third-order valence-corrected chi connectivity index (χ3v) is 4.30. The van der Waals surface area contributed by atoms with Gasteiger partial charge in [-0.05, 0) is 19.8 Å². The second-order valence-corrected chi connectivity index (χ2v) is 6.42. The molecule has 1 aliphatic carbocycles. The van der Waals surface area contributed by atoms with E-state index in [1.807, 2.05) is 0 Å². The maximum absolute atomic E-state index is 12.5. The van der Waals surface area contributed by atoms with Crippen LogP contribution in [-0.4, -0.2) is 64.2 Å². The highest BCUT2D eigenvalue weighted by atomic mass is 19.4. The highest BCUT2D eigenvalue weighted by molar-refractivity contribution is 5.89. The molecule has 2 fully saturated rings. The van der Waals surface area contributed by atoms with Crippen LogP contribution < -0.4 is 5.32 Å². The first-order chi connectivity index (χ1) is 11.3. The van der Waals surface area contributed by atoms with Gasteiger partial charge in [0.2, 0.25) is 0 Å². The van der Waals surface area contributed by atoms with Crippen molar-refractivity contribution in [2.45, 2.75) is 37.9 Å². The number of anilines is 1. The van der Waals surface area contributed by atoms with Gasteiger partial charge in [0.25, 0.3) is 0 Å². The molecule has 0 bridgehead atoms. The molecule has 1 atom stereocenters. The number of rotatable bonds is 3. The summed E-state index contributed by atoms with van der Waals surface area (Å²) in [5.41, 5.74) is 0.495. The highest BCUT2D eigenvalue weighted by Crippen LogP contribution is 2.37. The Hall–Kier alpha value is -1.90. The first-order valence-electron chi connectivity index (χ1n) is 8.00. The van der Waals surface area contributed by atoms with Crippen LogP contribution in [0.3, 0.4) is 0 Å². The predicted octanol–water partition coefficient (Wildman–Crippen LogP) is 2.45. The van der Waals surface area contributed by atoms with Gasteiger partial charge in [0.15, 0.2) is 0 Å². The molecule has 1 saturated carbocycles. The summed E-state index contributed by atoms with van der Waals surface area (Å²) in [6.07, 6.45) is 1.13. The number of hydrogen-bond acceptors (Lipinski definition) is 4. The first-order valence-corrected chi connectivity index (χ1v) is 8.00. The number of urea groups is 1. The molecular formula is C15H20F3N5O. The third-order valence-electron chi connectivity index (χ3n) is 4.30. The van der Waals surface area contributed by atoms with E-state index in [2.05, 4.69) is 15.3 Å². The molecule has 1 aromatic rings. The number of nitrogens with one attached hydrogen (secondary N) is 1. The molecule has 1 aromatic heterocycles. The summed E-state index contributed by atoms with van der Waals surface area (Å²) in [6, 6.07) is -0.684. The minimum Gasteiger partial charge on any atom is -0.322 e. The van der Waals surface area contributed by atoms with Gasteiger partial charge in [0.1, 0.15) is 5.82 Å². The van der Waals surface area contributed by atoms with Gasteiger partial charge in [-0.3, -0.25) is 4.90 Å². The summed E-state index contributed by atoms with van der Waals surface area (Å²) in [5, 5.41) is 2.70. The molecule has 132 valence electrons. The molecule has 9 heteroatoms. The SMILES string of the molecule is CC1CN(C(=O)Nc2cnc(C3CC3)nc2)CCN1CC(F)(F)F. The van der Waals surface area contributed by atoms with Gasteiger partial charge < -0.3 is 10.2 Å². The molecule has 0 spiro atoms. The Morgan fingerprint density at radius 1 is 1.29 bits per heavy atom. The average molecular weight is 343 g/mol. The standard InChI is InChI=1S/C15H20F3N5O/c1-10-8-22(4-5-23(10)9-15(16,17)18)14(24)21-12-6-19-13(20-7-12)11-2-3-11/h6-7,10-11H,2-5,8-9H2,1H3,(H,21,24). The Morgan fingerprint density at radius 2 is 1.96 bits per heavy atom. The Bertz CT molecular complexity index is 588. The van der Waals surface area contributed by atoms with Crippen molar-refractivity contribution in [1.29, 1.82) is 0 Å². The zero-order valence-corrected chi connectivity index (χ0v) is 13.4. The minimum atomic E-state index is -4.22. The van der Waals surface area contributed by atoms with E-state index in [0.717, 1.165) is 18.7 Å². The summed E-state index contributed by atoms with van der Waals surface area (Å²) in [6.45, 7) is 1.46. The third kappa shape index (κ3) is 4.34. The van der Waals surface area contributed by atoms with E-state index in [1.54, 1.807) is 19.3 Å². The van der Waals surface area contributed by atoms with Crippen LogP contribution in [0.15, 0.2) is 12.4 Å². The van der Waals surface area contributed by atoms with Crippen molar-refractivity contribution in [3.8, 4) is 0 Å². The molecule has 3 rings (SSSR count). The van der Waals surface area contributed by atoms with Crippen molar-refractivity contribution >= 4 is 11.7 Å². The van der Waals surface area contributed by atoms with E-state index in [-0.39, 0.29) is 31.7 Å². The molecule has 24 heavy (non-hydrogen) atoms. The summed E-state index contributed by atoms with van der Waals surface area (Å²) in [5.74, 6) is 1.24. The van der Waals surface area contributed by atoms with Crippen LogP contribution in [0.5, 0.6) is 0 Å². The number of aromatic nitrogens is 2. The van der Waals surface area contributed by atoms with E-state index >= 15 is 0 Å². The van der Waals surface area contributed by atoms with Gasteiger partial charge in [-0.2, -0.15) is 13.2 Å². The topological polar surface area (TPSA) is 61.4 Å². The lowest BCUT2D eigenvalue weighted by molar-refractivity contribution is -0.153. The van der Waals surface area contributed by atoms with Gasteiger partial charge in [-0.1, -0.05) is 0 Å². The fourth-order valence-corrected chi connectivity index (χ4v) is 2.80. The van der Waals surface area contributed by atoms with Gasteiger partial charge in [0.05, 0.1) is 24.6 Å². The maximum atomic E-state index is 12.5. The van der Waals surface area contributed by atoms with Gasteiger partial charge >= 0.3 is 12.2 Å². The van der Waals surface area contributed by atoms with Crippen LogP contribution in [0.2, 0.25) is 0 Å². The lowest BCUT2D eigenvalue weighted by Gasteiger charge is -2.39. The Balaban J connectivity index is 1.52. The number of carbonyl (C=O) groups is 1. The van der Waals surface area contributed by atoms with E-state index in [4.69, 9.17) is 0 Å². The van der Waals surface area contributed by atoms with E-state index in [0.29, 0.717) is 11.6 Å². The molecular weight excluding hydrogens is 323 g/mol. The van der Waals surface area contributed by atoms with E-state index in [9.17, 15) is 18.0 Å². The monoisotopic (exact) mass is 343 g/mol. The van der Waals surface area contributed by atoms with Crippen LogP contribution in [0, 0.1) is 0 Å². The average Bonchev–Trinajstić information content (AvgIpc) is 3.33. The second-order valence-electron chi connectivity index (χ2n) is 6.42. The maximum Gasteiger partial charge on any atom is 0.401 e. The van der Waals surface area contributed by atoms with Gasteiger partial charge in [-0.25, -0.2) is 14.8 Å². The number of carbonyl (C=O) groups excluding carboxylic acids is 1. The quantitative estimate of drug-likeness (QED) is 0.916. The summed E-state index contributed by atoms with van der Waals surface area (Å²) in [7, 11) is 0. The van der Waals surface area contributed by atoms with Crippen molar-refractivity contribution in [3.05, 3.63) is 18.2 Å². The number of hydrogen-bond donors (Lipinski definition) is 1. The van der Waals surface area contributed by atoms with Gasteiger partial charge in [-0.15, -0.1) is 0 Å². The number of alkyl halides is 3. The predicted molar refractivity (Wildman–Crippen MR) is 81.7 cm³/mol. The number of piperazine rings is 1. The molecule has 2 heterocycles. The largest absolute Gasteiger partial charge is 0.401 e. The second kappa shape index (κ2) is 6.54. The summed E-state index contributed by atoms with van der Waals surface area (Å²) < 4.78 is 37.5. The molecule has 2 amide bonds. The smallest absolute Gasteiger partial charge is 0.322 e. The Morgan fingerprint density at radius 3 is 2.50 bits per heavy atom. The van der Waals surface area contributed by atoms with E-state index in [1.165, 1.54) is 9.80 Å². The number of nitrogens with zero attached hydrogens (tertiary/aromatic N) is 4. The van der Waals surface area contributed by atoms with Crippen molar-refractivity contribution in [2.75, 3.05) is 31.5 Å². The van der Waals surface area contributed by atoms with Crippen molar-refractivity contribution in [3.63, 3.8) is 0 Å². The molecule has 6 nitrogen and oxygen atoms in total. The van der Waals surface area contributed by atoms with Crippen LogP contribution in [-0.2, 0) is 0 Å². The Labute approximate surface area is 138 Å². The van der Waals surface area contributed by atoms with Crippen molar-refractivity contribution in [1.82, 2.24) is 19.8 Å². The lowest BCUT2D eigenvalue weighted by Crippen LogP contribution is -2.56. The lowest BCUT2D eigenvalue weighted by atomic mass is 10.2. The normalized spacial score (nSPS) is 22.5. The molecule has 1 saturated heterocycles. The zero-order chi connectivity index (χ0) is 17.3. The fraction of sp³-hybridized carbons (Fsp3) is 0.667. The minimum absolute atomic E-state index is 0.200. The molecule has 0 radical (unpaired) electrons. The fourth-order valence-electron chi connectivity index (χ4n) is 2.80. The van der Waals surface area contributed by atoms with Crippen LogP contribution >= 0.6 is 0 Å². The number of amides is 2. The highest BCUT2D eigenvalue weighted by Gasteiger charge is 2.36. The van der Waals surface area contributed by atoms with Crippen LogP contribution in [0.4, 0.5) is 23.7 Å². The first kappa shape index (κ1) is 16.9. The van der Waals surface area contributed by atoms with Crippen LogP contribution in [0.1, 0.15) is 31.5 Å². The summed E-state index contributed by atoms with van der Waals surface area (Å²) >= 11 is 0. The molecule has 1 N–H and O–H groups in total. The van der Waals surface area contributed by atoms with Crippen molar-refractivity contribution < 1.29 is 18.0 Å². The Kier molecular flexibility index (Phi) is 4.62. The van der Waals surface area contributed by atoms with Crippen LogP contribution in [0.25, 0.3) is 0 Å². The number of halogens is 3. The molecule has 2 aliphatic rings.